The van der Waals surface area contributed by atoms with E-state index in [0.717, 1.165) is 45.3 Å². The average molecular weight is 403 g/mol. The molecule has 6 rings (SSSR count). The maximum atomic E-state index is 13.6. The Morgan fingerprint density at radius 1 is 1.14 bits per heavy atom. The molecule has 1 atom stereocenters. The van der Waals surface area contributed by atoms with Crippen LogP contribution in [-0.4, -0.2) is 52.2 Å². The number of hydrogen-bond acceptors (Lipinski definition) is 4. The summed E-state index contributed by atoms with van der Waals surface area (Å²) in [7, 11) is 0. The molecule has 1 aromatic carbocycles. The molecule has 4 heterocycles. The third kappa shape index (κ3) is 3.48. The Hall–Kier alpha value is -2.55. The molecule has 3 saturated heterocycles. The van der Waals surface area contributed by atoms with Crippen molar-refractivity contribution >= 4 is 28.4 Å². The van der Waals surface area contributed by atoms with E-state index in [4.69, 9.17) is 0 Å². The van der Waals surface area contributed by atoms with Crippen molar-refractivity contribution in [3.63, 3.8) is 0 Å². The van der Waals surface area contributed by atoms with E-state index in [-0.39, 0.29) is 29.1 Å². The molecule has 2 aromatic rings. The number of benzene rings is 1. The number of nitrogens with one attached hydrogen (secondary N) is 2. The number of fused-ring (bicyclic) bond motifs is 4. The minimum absolute atomic E-state index is 0.00295. The van der Waals surface area contributed by atoms with Crippen LogP contribution in [0.5, 0.6) is 0 Å². The lowest BCUT2D eigenvalue weighted by atomic mass is 9.84. The van der Waals surface area contributed by atoms with Crippen molar-refractivity contribution in [1.29, 1.82) is 0 Å². The highest BCUT2D eigenvalue weighted by Gasteiger charge is 2.36. The van der Waals surface area contributed by atoms with Gasteiger partial charge in [0.05, 0.1) is 5.52 Å². The third-order valence-electron chi connectivity index (χ3n) is 6.30. The maximum Gasteiger partial charge on any atom is 0.333 e. The Morgan fingerprint density at radius 3 is 2.52 bits per heavy atom. The van der Waals surface area contributed by atoms with Crippen molar-refractivity contribution in [2.24, 2.45) is 11.8 Å². The van der Waals surface area contributed by atoms with Gasteiger partial charge in [0.15, 0.2) is 5.69 Å². The molecule has 154 valence electrons. The molecule has 9 heteroatoms. The number of hydrogen-bond donors (Lipinski definition) is 2. The van der Waals surface area contributed by atoms with Crippen molar-refractivity contribution in [2.45, 2.75) is 38.3 Å². The number of nitrogens with zero attached hydrogens (tertiary/aromatic N) is 3. The second kappa shape index (κ2) is 7.05. The van der Waals surface area contributed by atoms with E-state index in [1.54, 1.807) is 12.1 Å². The Morgan fingerprint density at radius 2 is 1.90 bits per heavy atom. The first-order valence-electron chi connectivity index (χ1n) is 10.1. The van der Waals surface area contributed by atoms with Gasteiger partial charge < -0.3 is 15.5 Å². The van der Waals surface area contributed by atoms with E-state index >= 15 is 0 Å². The average Bonchev–Trinajstić information content (AvgIpc) is 3.49. The van der Waals surface area contributed by atoms with Crippen LogP contribution >= 0.6 is 0 Å². The van der Waals surface area contributed by atoms with Gasteiger partial charge in [0.1, 0.15) is 0 Å². The lowest BCUT2D eigenvalue weighted by Gasteiger charge is -2.44. The molecule has 2 N–H and O–H groups in total. The van der Waals surface area contributed by atoms with Crippen molar-refractivity contribution < 1.29 is 18.4 Å². The summed E-state index contributed by atoms with van der Waals surface area (Å²) in [4.78, 5) is 27.2. The number of alkyl halides is 2. The standard InChI is InChI=1S/C20H23F2N5O2/c21-20(22)27-16-9-13(23-18(28)12-1-2-12)3-4-14(16)17(25-27)19(29)24-15-10-26-7-5-11(15)6-8-26/h3-4,9,11-12,15,20H,1-2,5-8,10H2,(H,23,28)(H,24,29)/t15-/m1/s1. The summed E-state index contributed by atoms with van der Waals surface area (Å²) in [6, 6.07) is 4.69. The lowest BCUT2D eigenvalue weighted by molar-refractivity contribution is -0.117. The van der Waals surface area contributed by atoms with Crippen LogP contribution in [0.3, 0.4) is 0 Å². The predicted octanol–water partition coefficient (Wildman–Crippen LogP) is 2.60. The fourth-order valence-electron chi connectivity index (χ4n) is 4.49. The van der Waals surface area contributed by atoms with Gasteiger partial charge in [-0.3, -0.25) is 9.59 Å². The number of aromatic nitrogens is 2. The summed E-state index contributed by atoms with van der Waals surface area (Å²) in [6.45, 7) is 0.0107. The number of amides is 2. The lowest BCUT2D eigenvalue weighted by Crippen LogP contribution is -2.57. The molecule has 1 aliphatic carbocycles. The highest BCUT2D eigenvalue weighted by Crippen LogP contribution is 2.32. The van der Waals surface area contributed by atoms with Crippen molar-refractivity contribution in [3.8, 4) is 0 Å². The van der Waals surface area contributed by atoms with Crippen LogP contribution in [0.15, 0.2) is 18.2 Å². The van der Waals surface area contributed by atoms with Gasteiger partial charge >= 0.3 is 6.55 Å². The van der Waals surface area contributed by atoms with E-state index in [9.17, 15) is 18.4 Å². The number of piperidine rings is 3. The van der Waals surface area contributed by atoms with Gasteiger partial charge in [-0.15, -0.1) is 0 Å². The third-order valence-corrected chi connectivity index (χ3v) is 6.30. The molecule has 0 spiro atoms. The van der Waals surface area contributed by atoms with Crippen LogP contribution in [0.2, 0.25) is 0 Å². The van der Waals surface area contributed by atoms with E-state index in [0.29, 0.717) is 21.7 Å². The largest absolute Gasteiger partial charge is 0.346 e. The summed E-state index contributed by atoms with van der Waals surface area (Å²) < 4.78 is 27.7. The Kier molecular flexibility index (Phi) is 4.49. The molecule has 1 saturated carbocycles. The van der Waals surface area contributed by atoms with E-state index < -0.39 is 12.5 Å². The second-order valence-electron chi connectivity index (χ2n) is 8.28. The number of anilines is 1. The first-order valence-corrected chi connectivity index (χ1v) is 10.1. The summed E-state index contributed by atoms with van der Waals surface area (Å²) in [5, 5.41) is 10.0. The molecule has 2 amide bonds. The van der Waals surface area contributed by atoms with E-state index in [2.05, 4.69) is 20.6 Å². The number of halogens is 2. The van der Waals surface area contributed by atoms with Crippen molar-refractivity contribution in [1.82, 2.24) is 20.0 Å². The number of carbonyl (C=O) groups excluding carboxylic acids is 2. The van der Waals surface area contributed by atoms with Gasteiger partial charge in [0.25, 0.3) is 5.91 Å². The van der Waals surface area contributed by atoms with Crippen LogP contribution in [0.25, 0.3) is 10.9 Å². The summed E-state index contributed by atoms with van der Waals surface area (Å²) >= 11 is 0. The SMILES string of the molecule is O=C(N[C@@H]1CN2CCC1CC2)c1nn(C(F)F)c2cc(NC(=O)C3CC3)ccc12. The first kappa shape index (κ1) is 18.5. The summed E-state index contributed by atoms with van der Waals surface area (Å²) in [5.41, 5.74) is 0.560. The molecule has 0 unspecified atom stereocenters. The zero-order chi connectivity index (χ0) is 20.1. The number of carbonyl (C=O) groups is 2. The fourth-order valence-corrected chi connectivity index (χ4v) is 4.49. The number of rotatable bonds is 5. The second-order valence-corrected chi connectivity index (χ2v) is 8.28. The predicted molar refractivity (Wildman–Crippen MR) is 103 cm³/mol. The molecule has 29 heavy (non-hydrogen) atoms. The van der Waals surface area contributed by atoms with Gasteiger partial charge in [-0.05, 0) is 62.9 Å². The Balaban J connectivity index is 1.42. The molecule has 3 aliphatic heterocycles. The van der Waals surface area contributed by atoms with Crippen LogP contribution in [0.4, 0.5) is 14.5 Å². The topological polar surface area (TPSA) is 79.3 Å². The van der Waals surface area contributed by atoms with Gasteiger partial charge in [-0.25, -0.2) is 4.68 Å². The normalized spacial score (nSPS) is 26.1. The molecule has 1 aromatic heterocycles. The quantitative estimate of drug-likeness (QED) is 0.804. The minimum Gasteiger partial charge on any atom is -0.346 e. The molecule has 7 nitrogen and oxygen atoms in total. The zero-order valence-corrected chi connectivity index (χ0v) is 15.9. The molecule has 2 bridgehead atoms. The highest BCUT2D eigenvalue weighted by atomic mass is 19.3. The van der Waals surface area contributed by atoms with Gasteiger partial charge in [0, 0.05) is 29.6 Å². The van der Waals surface area contributed by atoms with Crippen molar-refractivity contribution in [2.75, 3.05) is 25.0 Å². The van der Waals surface area contributed by atoms with E-state index in [1.807, 2.05) is 0 Å². The maximum absolute atomic E-state index is 13.6. The smallest absolute Gasteiger partial charge is 0.333 e. The molecule has 4 fully saturated rings. The Labute approximate surface area is 166 Å². The fraction of sp³-hybridized carbons (Fsp3) is 0.550. The monoisotopic (exact) mass is 403 g/mol. The van der Waals surface area contributed by atoms with Crippen LogP contribution in [0.1, 0.15) is 42.7 Å². The Bertz CT molecular complexity index is 963. The highest BCUT2D eigenvalue weighted by molar-refractivity contribution is 6.06. The van der Waals surface area contributed by atoms with Crippen LogP contribution in [0, 0.1) is 11.8 Å². The molecule has 4 aliphatic rings. The summed E-state index contributed by atoms with van der Waals surface area (Å²) in [6.07, 6.45) is 3.79. The van der Waals surface area contributed by atoms with Crippen LogP contribution < -0.4 is 10.6 Å². The summed E-state index contributed by atoms with van der Waals surface area (Å²) in [5.74, 6) is -0.0963. The van der Waals surface area contributed by atoms with E-state index in [1.165, 1.54) is 6.07 Å². The molecular formula is C20H23F2N5O2. The zero-order valence-electron chi connectivity index (χ0n) is 15.9. The van der Waals surface area contributed by atoms with Crippen LogP contribution in [-0.2, 0) is 4.79 Å². The van der Waals surface area contributed by atoms with Crippen molar-refractivity contribution in [3.05, 3.63) is 23.9 Å². The van der Waals surface area contributed by atoms with Gasteiger partial charge in [-0.1, -0.05) is 0 Å². The van der Waals surface area contributed by atoms with Gasteiger partial charge in [-0.2, -0.15) is 13.9 Å². The first-order chi connectivity index (χ1) is 14.0. The minimum atomic E-state index is -2.88. The molecule has 0 radical (unpaired) electrons. The van der Waals surface area contributed by atoms with Gasteiger partial charge in [0.2, 0.25) is 5.91 Å². The molecular weight excluding hydrogens is 380 g/mol.